The van der Waals surface area contributed by atoms with Crippen LogP contribution in [0.25, 0.3) is 0 Å². The molecule has 0 unspecified atom stereocenters. The first kappa shape index (κ1) is 14.5. The van der Waals surface area contributed by atoms with Gasteiger partial charge in [0.15, 0.2) is 10.9 Å². The Balaban J connectivity index is 1.65. The van der Waals surface area contributed by atoms with Gasteiger partial charge in [0.25, 0.3) is 11.8 Å². The van der Waals surface area contributed by atoms with Crippen LogP contribution in [-0.2, 0) is 0 Å². The highest BCUT2D eigenvalue weighted by atomic mass is 32.1. The van der Waals surface area contributed by atoms with Gasteiger partial charge in [0.05, 0.1) is 16.1 Å². The topological polar surface area (TPSA) is 84.2 Å². The van der Waals surface area contributed by atoms with Crippen LogP contribution < -0.4 is 10.6 Å². The molecule has 3 aromatic rings. The predicted octanol–water partition coefficient (Wildman–Crippen LogP) is 3.61. The molecule has 0 fully saturated rings. The molecule has 0 atom stereocenters. The van der Waals surface area contributed by atoms with Gasteiger partial charge in [-0.2, -0.15) is 0 Å². The van der Waals surface area contributed by atoms with Gasteiger partial charge in [0.2, 0.25) is 0 Å². The number of anilines is 2. The van der Waals surface area contributed by atoms with Gasteiger partial charge in [-0.05, 0) is 31.2 Å². The van der Waals surface area contributed by atoms with Gasteiger partial charge < -0.3 is 9.73 Å². The Hall–Kier alpha value is -2.45. The largest absolute Gasteiger partial charge is 0.459 e. The van der Waals surface area contributed by atoms with Crippen LogP contribution >= 0.6 is 22.7 Å². The molecule has 0 aliphatic carbocycles. The van der Waals surface area contributed by atoms with Crippen molar-refractivity contribution in [3.8, 4) is 0 Å². The molecule has 112 valence electrons. The van der Waals surface area contributed by atoms with E-state index in [1.54, 1.807) is 30.5 Å². The van der Waals surface area contributed by atoms with Gasteiger partial charge in [-0.1, -0.05) is 0 Å². The molecule has 0 aliphatic rings. The number of aryl methyl sites for hydroxylation is 1. The zero-order valence-corrected chi connectivity index (χ0v) is 13.1. The first-order valence-electron chi connectivity index (χ1n) is 6.30. The number of carbonyl (C=O) groups is 2. The van der Waals surface area contributed by atoms with Crippen molar-refractivity contribution in [3.63, 3.8) is 0 Å². The van der Waals surface area contributed by atoms with Crippen LogP contribution in [0.15, 0.2) is 41.1 Å². The number of amides is 2. The van der Waals surface area contributed by atoms with E-state index in [0.29, 0.717) is 15.0 Å². The molecule has 2 N–H and O–H groups in total. The van der Waals surface area contributed by atoms with E-state index < -0.39 is 0 Å². The third-order valence-electron chi connectivity index (χ3n) is 2.65. The molecule has 0 aliphatic heterocycles. The third kappa shape index (κ3) is 3.23. The van der Waals surface area contributed by atoms with Gasteiger partial charge in [0, 0.05) is 11.1 Å². The van der Waals surface area contributed by atoms with Crippen LogP contribution in [-0.4, -0.2) is 16.8 Å². The molecule has 3 heterocycles. The molecule has 0 saturated carbocycles. The van der Waals surface area contributed by atoms with Crippen LogP contribution in [0.1, 0.15) is 25.1 Å². The summed E-state index contributed by atoms with van der Waals surface area (Å²) in [7, 11) is 0. The maximum absolute atomic E-state index is 12.1. The normalized spacial score (nSPS) is 10.4. The summed E-state index contributed by atoms with van der Waals surface area (Å²) >= 11 is 2.59. The van der Waals surface area contributed by atoms with Crippen molar-refractivity contribution in [1.29, 1.82) is 0 Å². The molecular weight excluding hydrogens is 322 g/mol. The van der Waals surface area contributed by atoms with Gasteiger partial charge in [0.1, 0.15) is 0 Å². The smallest absolute Gasteiger partial charge is 0.291 e. The minimum absolute atomic E-state index is 0.220. The van der Waals surface area contributed by atoms with Crippen molar-refractivity contribution in [3.05, 3.63) is 52.2 Å². The summed E-state index contributed by atoms with van der Waals surface area (Å²) in [5, 5.41) is 6.53. The van der Waals surface area contributed by atoms with Gasteiger partial charge in [-0.15, -0.1) is 22.7 Å². The number of hydrogen-bond acceptors (Lipinski definition) is 6. The van der Waals surface area contributed by atoms with Gasteiger partial charge in [-0.25, -0.2) is 4.98 Å². The second kappa shape index (κ2) is 6.12. The molecule has 0 spiro atoms. The van der Waals surface area contributed by atoms with E-state index in [-0.39, 0.29) is 17.6 Å². The number of nitrogens with zero attached hydrogens (tertiary/aromatic N) is 1. The van der Waals surface area contributed by atoms with E-state index in [2.05, 4.69) is 15.6 Å². The van der Waals surface area contributed by atoms with Crippen LogP contribution in [0.3, 0.4) is 0 Å². The van der Waals surface area contributed by atoms with Gasteiger partial charge in [-0.3, -0.25) is 14.9 Å². The second-order valence-electron chi connectivity index (χ2n) is 4.33. The first-order chi connectivity index (χ1) is 10.6. The van der Waals surface area contributed by atoms with Crippen molar-refractivity contribution in [2.75, 3.05) is 10.6 Å². The number of thiazole rings is 1. The summed E-state index contributed by atoms with van der Waals surface area (Å²) in [6.45, 7) is 1.92. The highest BCUT2D eigenvalue weighted by Gasteiger charge is 2.14. The Morgan fingerprint density at radius 3 is 2.68 bits per heavy atom. The van der Waals surface area contributed by atoms with E-state index in [0.717, 1.165) is 4.88 Å². The van der Waals surface area contributed by atoms with Crippen molar-refractivity contribution in [1.82, 2.24) is 4.98 Å². The molecule has 6 nitrogen and oxygen atoms in total. The summed E-state index contributed by atoms with van der Waals surface area (Å²) in [4.78, 5) is 29.5. The molecule has 3 aromatic heterocycles. The number of nitrogens with one attached hydrogen (secondary N) is 2. The maximum atomic E-state index is 12.1. The lowest BCUT2D eigenvalue weighted by Gasteiger charge is -1.99. The van der Waals surface area contributed by atoms with Crippen molar-refractivity contribution in [2.45, 2.75) is 6.92 Å². The number of carbonyl (C=O) groups excluding carboxylic acids is 2. The third-order valence-corrected chi connectivity index (χ3v) is 4.48. The maximum Gasteiger partial charge on any atom is 0.291 e. The minimum atomic E-state index is -0.352. The van der Waals surface area contributed by atoms with Crippen LogP contribution in [0, 0.1) is 6.92 Å². The molecule has 0 aromatic carbocycles. The van der Waals surface area contributed by atoms with E-state index in [4.69, 9.17) is 4.42 Å². The van der Waals surface area contributed by atoms with Crippen molar-refractivity contribution in [2.24, 2.45) is 0 Å². The van der Waals surface area contributed by atoms with Crippen LogP contribution in [0.2, 0.25) is 0 Å². The average molecular weight is 333 g/mol. The molecule has 22 heavy (non-hydrogen) atoms. The summed E-state index contributed by atoms with van der Waals surface area (Å²) in [6, 6.07) is 6.53. The highest BCUT2D eigenvalue weighted by molar-refractivity contribution is 7.18. The van der Waals surface area contributed by atoms with Crippen LogP contribution in [0.5, 0.6) is 0 Å². The van der Waals surface area contributed by atoms with E-state index in [9.17, 15) is 9.59 Å². The summed E-state index contributed by atoms with van der Waals surface area (Å²) in [6.07, 6.45) is 3.13. The molecule has 0 saturated heterocycles. The van der Waals surface area contributed by atoms with Crippen molar-refractivity contribution < 1.29 is 14.0 Å². The molecule has 0 radical (unpaired) electrons. The number of rotatable bonds is 4. The lowest BCUT2D eigenvalue weighted by atomic mass is 10.4. The Morgan fingerprint density at radius 2 is 2.00 bits per heavy atom. The number of furan rings is 1. The number of thiophene rings is 1. The predicted molar refractivity (Wildman–Crippen MR) is 85.8 cm³/mol. The molecule has 3 rings (SSSR count). The fourth-order valence-electron chi connectivity index (χ4n) is 1.68. The number of aromatic nitrogens is 1. The fourth-order valence-corrected chi connectivity index (χ4v) is 3.14. The number of hydrogen-bond donors (Lipinski definition) is 2. The van der Waals surface area contributed by atoms with E-state index in [1.165, 1.54) is 28.9 Å². The Labute approximate surface area is 133 Å². The Morgan fingerprint density at radius 1 is 1.14 bits per heavy atom. The molecular formula is C14H11N3O3S2. The second-order valence-corrected chi connectivity index (χ2v) is 6.64. The van der Waals surface area contributed by atoms with Crippen molar-refractivity contribution >= 4 is 44.6 Å². The molecule has 8 heteroatoms. The average Bonchev–Trinajstić information content (AvgIpc) is 3.20. The summed E-state index contributed by atoms with van der Waals surface area (Å²) in [5.41, 5.74) is 0. The SMILES string of the molecule is Cc1cnc(NC(=O)c2ccc(NC(=O)c3ccco3)s2)s1. The van der Waals surface area contributed by atoms with Crippen LogP contribution in [0.4, 0.5) is 10.1 Å². The zero-order valence-electron chi connectivity index (χ0n) is 11.5. The molecule has 2 amide bonds. The summed E-state index contributed by atoms with van der Waals surface area (Å²) in [5.74, 6) is -0.384. The monoisotopic (exact) mass is 333 g/mol. The quantitative estimate of drug-likeness (QED) is 0.764. The standard InChI is InChI=1S/C14H11N3O3S2/c1-8-7-15-14(21-8)17-13(19)10-4-5-11(22-10)16-12(18)9-3-2-6-20-9/h2-7H,1H3,(H,16,18)(H,15,17,19). The summed E-state index contributed by atoms with van der Waals surface area (Å²) < 4.78 is 5.01. The Kier molecular flexibility index (Phi) is 4.03. The zero-order chi connectivity index (χ0) is 15.5. The lowest BCUT2D eigenvalue weighted by Crippen LogP contribution is -2.10. The Bertz CT molecular complexity index is 805. The minimum Gasteiger partial charge on any atom is -0.459 e. The highest BCUT2D eigenvalue weighted by Crippen LogP contribution is 2.24. The lowest BCUT2D eigenvalue weighted by molar-refractivity contribution is 0.0995. The first-order valence-corrected chi connectivity index (χ1v) is 7.93. The van der Waals surface area contributed by atoms with E-state index >= 15 is 0 Å². The van der Waals surface area contributed by atoms with Gasteiger partial charge >= 0.3 is 0 Å². The molecule has 0 bridgehead atoms. The van der Waals surface area contributed by atoms with E-state index in [1.807, 2.05) is 6.92 Å². The fraction of sp³-hybridized carbons (Fsp3) is 0.0714.